The summed E-state index contributed by atoms with van der Waals surface area (Å²) in [6.07, 6.45) is -0.540. The molecule has 6 nitrogen and oxygen atoms in total. The summed E-state index contributed by atoms with van der Waals surface area (Å²) in [4.78, 5) is 23.1. The number of anilines is 2. The SMILES string of the molecule is COC(C)C(=O)Nc1cccc(NC(=O)[C@@H](C)N)c1.Cl. The minimum absolute atomic E-state index is 0. The maximum Gasteiger partial charge on any atom is 0.253 e. The molecule has 1 unspecified atom stereocenters. The van der Waals surface area contributed by atoms with E-state index in [1.165, 1.54) is 7.11 Å². The van der Waals surface area contributed by atoms with Gasteiger partial charge in [0.05, 0.1) is 6.04 Å². The van der Waals surface area contributed by atoms with E-state index in [2.05, 4.69) is 10.6 Å². The van der Waals surface area contributed by atoms with Gasteiger partial charge in [0.25, 0.3) is 5.91 Å². The van der Waals surface area contributed by atoms with Gasteiger partial charge >= 0.3 is 0 Å². The second kappa shape index (κ2) is 8.52. The van der Waals surface area contributed by atoms with E-state index in [1.54, 1.807) is 38.1 Å². The van der Waals surface area contributed by atoms with Gasteiger partial charge < -0.3 is 21.1 Å². The van der Waals surface area contributed by atoms with Crippen molar-refractivity contribution < 1.29 is 14.3 Å². The van der Waals surface area contributed by atoms with E-state index in [9.17, 15) is 9.59 Å². The van der Waals surface area contributed by atoms with Crippen LogP contribution in [0.5, 0.6) is 0 Å². The van der Waals surface area contributed by atoms with E-state index in [0.29, 0.717) is 11.4 Å². The number of hydrogen-bond donors (Lipinski definition) is 3. The average Bonchev–Trinajstić information content (AvgIpc) is 2.37. The number of methoxy groups -OCH3 is 1. The summed E-state index contributed by atoms with van der Waals surface area (Å²) in [7, 11) is 1.46. The van der Waals surface area contributed by atoms with Crippen LogP contribution in [0, 0.1) is 0 Å². The molecular weight excluding hydrogens is 282 g/mol. The Balaban J connectivity index is 0.00000361. The molecule has 0 spiro atoms. The van der Waals surface area contributed by atoms with Gasteiger partial charge in [0, 0.05) is 18.5 Å². The van der Waals surface area contributed by atoms with Crippen molar-refractivity contribution in [2.45, 2.75) is 26.0 Å². The highest BCUT2D eigenvalue weighted by Gasteiger charge is 2.12. The van der Waals surface area contributed by atoms with E-state index in [-0.39, 0.29) is 24.2 Å². The summed E-state index contributed by atoms with van der Waals surface area (Å²) in [5.41, 5.74) is 6.62. The quantitative estimate of drug-likeness (QED) is 0.765. The molecule has 0 aliphatic heterocycles. The van der Waals surface area contributed by atoms with Crippen molar-refractivity contribution in [1.29, 1.82) is 0 Å². The number of halogens is 1. The van der Waals surface area contributed by atoms with Crippen LogP contribution < -0.4 is 16.4 Å². The molecule has 0 saturated heterocycles. The van der Waals surface area contributed by atoms with Gasteiger partial charge in [-0.1, -0.05) is 6.07 Å². The fourth-order valence-electron chi connectivity index (χ4n) is 1.28. The van der Waals surface area contributed by atoms with Gasteiger partial charge in [0.1, 0.15) is 6.10 Å². The normalized spacial score (nSPS) is 12.8. The van der Waals surface area contributed by atoms with Crippen molar-refractivity contribution in [2.75, 3.05) is 17.7 Å². The number of carbonyl (C=O) groups is 2. The molecule has 0 aliphatic rings. The van der Waals surface area contributed by atoms with Gasteiger partial charge in [0.15, 0.2) is 0 Å². The number of rotatable bonds is 5. The van der Waals surface area contributed by atoms with Crippen LogP contribution >= 0.6 is 12.4 Å². The second-order valence-electron chi connectivity index (χ2n) is 4.23. The Labute approximate surface area is 124 Å². The molecular formula is C13H20ClN3O3. The monoisotopic (exact) mass is 301 g/mol. The summed E-state index contributed by atoms with van der Waals surface area (Å²) in [5.74, 6) is -0.535. The topological polar surface area (TPSA) is 93.5 Å². The van der Waals surface area contributed by atoms with Crippen LogP contribution in [0.1, 0.15) is 13.8 Å². The highest BCUT2D eigenvalue weighted by Crippen LogP contribution is 2.15. The molecule has 7 heteroatoms. The summed E-state index contributed by atoms with van der Waals surface area (Å²) < 4.78 is 4.91. The lowest BCUT2D eigenvalue weighted by molar-refractivity contribution is -0.124. The van der Waals surface area contributed by atoms with Crippen LogP contribution in [0.15, 0.2) is 24.3 Å². The number of ether oxygens (including phenoxy) is 1. The van der Waals surface area contributed by atoms with Crippen LogP contribution in [0.2, 0.25) is 0 Å². The molecule has 112 valence electrons. The molecule has 1 rings (SSSR count). The van der Waals surface area contributed by atoms with Gasteiger partial charge in [-0.25, -0.2) is 0 Å². The van der Waals surface area contributed by atoms with E-state index in [1.807, 2.05) is 0 Å². The highest BCUT2D eigenvalue weighted by molar-refractivity contribution is 5.97. The third kappa shape index (κ3) is 5.56. The summed E-state index contributed by atoms with van der Waals surface area (Å²) in [5, 5.41) is 5.34. The fourth-order valence-corrected chi connectivity index (χ4v) is 1.28. The minimum Gasteiger partial charge on any atom is -0.372 e. The minimum atomic E-state index is -0.591. The van der Waals surface area contributed by atoms with Crippen LogP contribution in [0.4, 0.5) is 11.4 Å². The number of hydrogen-bond acceptors (Lipinski definition) is 4. The number of benzene rings is 1. The Morgan fingerprint density at radius 3 is 2.10 bits per heavy atom. The Hall–Kier alpha value is -1.63. The molecule has 4 N–H and O–H groups in total. The van der Waals surface area contributed by atoms with E-state index in [4.69, 9.17) is 10.5 Å². The molecule has 0 aromatic heterocycles. The number of carbonyl (C=O) groups excluding carboxylic acids is 2. The largest absolute Gasteiger partial charge is 0.372 e. The maximum absolute atomic E-state index is 11.6. The standard InChI is InChI=1S/C13H19N3O3.ClH/c1-8(14)12(17)15-10-5-4-6-11(7-10)16-13(18)9(2)19-3;/h4-9H,14H2,1-3H3,(H,15,17)(H,16,18);1H/t8-,9?;/m1./s1. The molecule has 2 atom stereocenters. The molecule has 0 saturated carbocycles. The van der Waals surface area contributed by atoms with Gasteiger partial charge in [-0.2, -0.15) is 0 Å². The zero-order valence-corrected chi connectivity index (χ0v) is 12.5. The van der Waals surface area contributed by atoms with Crippen molar-refractivity contribution in [2.24, 2.45) is 5.73 Å². The first-order chi connectivity index (χ1) is 8.93. The van der Waals surface area contributed by atoms with Gasteiger partial charge in [-0.3, -0.25) is 9.59 Å². The lowest BCUT2D eigenvalue weighted by Crippen LogP contribution is -2.32. The molecule has 0 radical (unpaired) electrons. The summed E-state index contributed by atoms with van der Waals surface area (Å²) >= 11 is 0. The van der Waals surface area contributed by atoms with Crippen molar-refractivity contribution >= 4 is 35.6 Å². The second-order valence-corrected chi connectivity index (χ2v) is 4.23. The summed E-state index contributed by atoms with van der Waals surface area (Å²) in [6, 6.07) is 6.23. The molecule has 0 bridgehead atoms. The molecule has 1 aromatic carbocycles. The fraction of sp³-hybridized carbons (Fsp3) is 0.385. The number of nitrogens with two attached hydrogens (primary N) is 1. The maximum atomic E-state index is 11.6. The predicted octanol–water partition coefficient (Wildman–Crippen LogP) is 1.37. The Kier molecular flexibility index (Phi) is 7.83. The van der Waals surface area contributed by atoms with E-state index < -0.39 is 12.1 Å². The Bertz CT molecular complexity index is 466. The van der Waals surface area contributed by atoms with E-state index in [0.717, 1.165) is 0 Å². The highest BCUT2D eigenvalue weighted by atomic mass is 35.5. The molecule has 1 aromatic rings. The van der Waals surface area contributed by atoms with E-state index >= 15 is 0 Å². The lowest BCUT2D eigenvalue weighted by atomic mass is 10.2. The van der Waals surface area contributed by atoms with Crippen molar-refractivity contribution in [3.63, 3.8) is 0 Å². The van der Waals surface area contributed by atoms with Crippen molar-refractivity contribution in [1.82, 2.24) is 0 Å². The van der Waals surface area contributed by atoms with Gasteiger partial charge in [-0.15, -0.1) is 12.4 Å². The molecule has 0 heterocycles. The van der Waals surface area contributed by atoms with Crippen LogP contribution in [0.25, 0.3) is 0 Å². The van der Waals surface area contributed by atoms with Crippen LogP contribution in [-0.4, -0.2) is 31.1 Å². The van der Waals surface area contributed by atoms with Crippen molar-refractivity contribution in [3.8, 4) is 0 Å². The zero-order chi connectivity index (χ0) is 14.4. The first-order valence-electron chi connectivity index (χ1n) is 5.94. The van der Waals surface area contributed by atoms with Gasteiger partial charge in [0.2, 0.25) is 5.91 Å². The third-order valence-corrected chi connectivity index (χ3v) is 2.53. The Morgan fingerprint density at radius 2 is 1.65 bits per heavy atom. The van der Waals surface area contributed by atoms with Crippen LogP contribution in [0.3, 0.4) is 0 Å². The number of nitrogens with one attached hydrogen (secondary N) is 2. The Morgan fingerprint density at radius 1 is 1.15 bits per heavy atom. The smallest absolute Gasteiger partial charge is 0.253 e. The predicted molar refractivity (Wildman–Crippen MR) is 81.1 cm³/mol. The first kappa shape index (κ1) is 18.4. The zero-order valence-electron chi connectivity index (χ0n) is 11.7. The number of amides is 2. The molecule has 0 aliphatic carbocycles. The molecule has 2 amide bonds. The third-order valence-electron chi connectivity index (χ3n) is 2.53. The van der Waals surface area contributed by atoms with Crippen molar-refractivity contribution in [3.05, 3.63) is 24.3 Å². The lowest BCUT2D eigenvalue weighted by Gasteiger charge is -2.12. The summed E-state index contributed by atoms with van der Waals surface area (Å²) in [6.45, 7) is 3.25. The molecule has 20 heavy (non-hydrogen) atoms. The average molecular weight is 302 g/mol. The van der Waals surface area contributed by atoms with Crippen LogP contribution in [-0.2, 0) is 14.3 Å². The molecule has 0 fully saturated rings. The first-order valence-corrected chi connectivity index (χ1v) is 5.94. The van der Waals surface area contributed by atoms with Gasteiger partial charge in [-0.05, 0) is 32.0 Å².